The molecule has 2 rings (SSSR count). The Labute approximate surface area is 114 Å². The monoisotopic (exact) mass is 259 g/mol. The third-order valence-electron chi connectivity index (χ3n) is 3.69. The van der Waals surface area contributed by atoms with Crippen LogP contribution in [0.15, 0.2) is 30.3 Å². The minimum Gasteiger partial charge on any atom is -0.384 e. The van der Waals surface area contributed by atoms with E-state index in [-0.39, 0.29) is 0 Å². The fourth-order valence-electron chi connectivity index (χ4n) is 2.53. The lowest BCUT2D eigenvalue weighted by Gasteiger charge is -2.37. The highest BCUT2D eigenvalue weighted by atomic mass is 16.3. The molecular weight excluding hydrogens is 238 g/mol. The molecule has 1 aromatic rings. The molecule has 19 heavy (non-hydrogen) atoms. The molecule has 0 spiro atoms. The first-order valence-electron chi connectivity index (χ1n) is 6.71. The van der Waals surface area contributed by atoms with Crippen LogP contribution in [0.5, 0.6) is 0 Å². The van der Waals surface area contributed by atoms with Crippen LogP contribution < -0.4 is 0 Å². The van der Waals surface area contributed by atoms with Gasteiger partial charge in [-0.25, -0.2) is 0 Å². The maximum atomic E-state index is 10.6. The molecule has 1 aliphatic rings. The molecule has 0 saturated carbocycles. The van der Waals surface area contributed by atoms with Crippen molar-refractivity contribution in [1.82, 2.24) is 9.80 Å². The van der Waals surface area contributed by atoms with Crippen LogP contribution in [0, 0.1) is 11.3 Å². The van der Waals surface area contributed by atoms with Gasteiger partial charge >= 0.3 is 0 Å². The first-order chi connectivity index (χ1) is 9.12. The third-order valence-corrected chi connectivity index (χ3v) is 3.69. The summed E-state index contributed by atoms with van der Waals surface area (Å²) in [5, 5.41) is 19.3. The number of benzene rings is 1. The lowest BCUT2D eigenvalue weighted by molar-refractivity contribution is 0.00184. The van der Waals surface area contributed by atoms with Gasteiger partial charge in [-0.05, 0) is 12.5 Å². The molecule has 1 heterocycles. The molecule has 1 aliphatic heterocycles. The molecule has 1 atom stereocenters. The van der Waals surface area contributed by atoms with Crippen LogP contribution in [0.3, 0.4) is 0 Å². The molecule has 4 heteroatoms. The number of β-amino-alcohol motifs (C(OH)–C–C–N with tert-alkyl or cyclic N) is 1. The Bertz CT molecular complexity index is 430. The average Bonchev–Trinajstić information content (AvgIpc) is 2.42. The fraction of sp³-hybridized carbons (Fsp3) is 0.533. The summed E-state index contributed by atoms with van der Waals surface area (Å²) in [5.74, 6) is 0. The highest BCUT2D eigenvalue weighted by molar-refractivity contribution is 5.21. The Morgan fingerprint density at radius 2 is 1.74 bits per heavy atom. The van der Waals surface area contributed by atoms with Gasteiger partial charge in [0.25, 0.3) is 0 Å². The molecule has 0 aromatic heterocycles. The van der Waals surface area contributed by atoms with Gasteiger partial charge in [-0.1, -0.05) is 30.3 Å². The van der Waals surface area contributed by atoms with Crippen LogP contribution >= 0.6 is 0 Å². The molecule has 1 unspecified atom stereocenters. The number of hydrogen-bond acceptors (Lipinski definition) is 4. The molecule has 102 valence electrons. The Hall–Kier alpha value is -1.41. The second-order valence-electron chi connectivity index (χ2n) is 5.35. The van der Waals surface area contributed by atoms with E-state index in [1.54, 1.807) is 0 Å². The van der Waals surface area contributed by atoms with E-state index in [9.17, 15) is 5.11 Å². The fourth-order valence-corrected chi connectivity index (χ4v) is 2.53. The predicted molar refractivity (Wildman–Crippen MR) is 74.5 cm³/mol. The van der Waals surface area contributed by atoms with E-state index < -0.39 is 5.60 Å². The van der Waals surface area contributed by atoms with E-state index >= 15 is 0 Å². The van der Waals surface area contributed by atoms with Crippen LogP contribution in [0.4, 0.5) is 0 Å². The van der Waals surface area contributed by atoms with Gasteiger partial charge in [0.2, 0.25) is 0 Å². The van der Waals surface area contributed by atoms with Gasteiger partial charge in [-0.2, -0.15) is 5.26 Å². The number of hydrogen-bond donors (Lipinski definition) is 1. The van der Waals surface area contributed by atoms with Gasteiger partial charge in [0.1, 0.15) is 0 Å². The first-order valence-corrected chi connectivity index (χ1v) is 6.71. The first kappa shape index (κ1) is 14.0. The van der Waals surface area contributed by atoms with Crippen molar-refractivity contribution in [2.75, 3.05) is 39.3 Å². The third kappa shape index (κ3) is 3.77. The maximum absolute atomic E-state index is 10.6. The zero-order chi connectivity index (χ0) is 13.7. The Morgan fingerprint density at radius 1 is 1.16 bits per heavy atom. The summed E-state index contributed by atoms with van der Waals surface area (Å²) >= 11 is 0. The number of rotatable bonds is 4. The van der Waals surface area contributed by atoms with E-state index in [1.165, 1.54) is 0 Å². The quantitative estimate of drug-likeness (QED) is 0.821. The van der Waals surface area contributed by atoms with Gasteiger partial charge in [-0.3, -0.25) is 9.80 Å². The lowest BCUT2D eigenvalue weighted by Crippen LogP contribution is -2.50. The van der Waals surface area contributed by atoms with Crippen LogP contribution in [-0.4, -0.2) is 54.2 Å². The minimum atomic E-state index is -0.821. The molecule has 0 aliphatic carbocycles. The number of aliphatic hydroxyl groups is 1. The molecule has 1 saturated heterocycles. The molecular formula is C15H21N3O. The second kappa shape index (κ2) is 6.16. The van der Waals surface area contributed by atoms with E-state index in [1.807, 2.05) is 37.3 Å². The maximum Gasteiger partial charge on any atom is 0.0994 e. The van der Waals surface area contributed by atoms with Crippen LogP contribution in [0.2, 0.25) is 0 Å². The zero-order valence-electron chi connectivity index (χ0n) is 11.4. The van der Waals surface area contributed by atoms with Crippen LogP contribution in [-0.2, 0) is 5.60 Å². The second-order valence-corrected chi connectivity index (χ2v) is 5.35. The summed E-state index contributed by atoms with van der Waals surface area (Å²) in [6, 6.07) is 12.0. The van der Waals surface area contributed by atoms with Crippen molar-refractivity contribution in [2.24, 2.45) is 0 Å². The summed E-state index contributed by atoms with van der Waals surface area (Å²) in [7, 11) is 0. The highest BCUT2D eigenvalue weighted by Crippen LogP contribution is 2.22. The van der Waals surface area contributed by atoms with Crippen molar-refractivity contribution in [2.45, 2.75) is 12.5 Å². The van der Waals surface area contributed by atoms with Crippen molar-refractivity contribution < 1.29 is 5.11 Å². The van der Waals surface area contributed by atoms with Crippen molar-refractivity contribution in [3.05, 3.63) is 35.9 Å². The molecule has 0 radical (unpaired) electrons. The van der Waals surface area contributed by atoms with E-state index in [0.29, 0.717) is 13.1 Å². The van der Waals surface area contributed by atoms with Crippen molar-refractivity contribution in [3.8, 4) is 6.07 Å². The molecule has 1 fully saturated rings. The smallest absolute Gasteiger partial charge is 0.0994 e. The number of nitrogens with zero attached hydrogens (tertiary/aromatic N) is 3. The zero-order valence-corrected chi connectivity index (χ0v) is 11.4. The van der Waals surface area contributed by atoms with Gasteiger partial charge < -0.3 is 5.11 Å². The molecule has 1 aromatic carbocycles. The standard InChI is InChI=1S/C15H21N3O/c1-15(19,14-5-3-2-4-6-14)13-18-11-9-17(8-7-16)10-12-18/h2-6,19H,8-13H2,1H3. The lowest BCUT2D eigenvalue weighted by atomic mass is 9.95. The average molecular weight is 259 g/mol. The molecule has 0 bridgehead atoms. The van der Waals surface area contributed by atoms with Gasteiger partial charge in [-0.15, -0.1) is 0 Å². The largest absolute Gasteiger partial charge is 0.384 e. The summed E-state index contributed by atoms with van der Waals surface area (Å²) in [6.07, 6.45) is 0. The minimum absolute atomic E-state index is 0.503. The van der Waals surface area contributed by atoms with E-state index in [4.69, 9.17) is 5.26 Å². The van der Waals surface area contributed by atoms with Gasteiger partial charge in [0, 0.05) is 32.7 Å². The van der Waals surface area contributed by atoms with Crippen molar-refractivity contribution in [1.29, 1.82) is 5.26 Å². The van der Waals surface area contributed by atoms with Crippen molar-refractivity contribution in [3.63, 3.8) is 0 Å². The van der Waals surface area contributed by atoms with Crippen molar-refractivity contribution >= 4 is 0 Å². The summed E-state index contributed by atoms with van der Waals surface area (Å²) in [6.45, 7) is 6.62. The van der Waals surface area contributed by atoms with Gasteiger partial charge in [0.05, 0.1) is 18.2 Å². The van der Waals surface area contributed by atoms with Gasteiger partial charge in [0.15, 0.2) is 0 Å². The summed E-state index contributed by atoms with van der Waals surface area (Å²) in [4.78, 5) is 4.41. The molecule has 4 nitrogen and oxygen atoms in total. The van der Waals surface area contributed by atoms with Crippen LogP contribution in [0.1, 0.15) is 12.5 Å². The Morgan fingerprint density at radius 3 is 2.32 bits per heavy atom. The molecule has 0 amide bonds. The Kier molecular flexibility index (Phi) is 4.54. The van der Waals surface area contributed by atoms with E-state index in [2.05, 4.69) is 15.9 Å². The SMILES string of the molecule is CC(O)(CN1CCN(CC#N)CC1)c1ccccc1. The van der Waals surface area contributed by atoms with Crippen LogP contribution in [0.25, 0.3) is 0 Å². The highest BCUT2D eigenvalue weighted by Gasteiger charge is 2.27. The predicted octanol–water partition coefficient (Wildman–Crippen LogP) is 1.04. The molecule has 1 N–H and O–H groups in total. The van der Waals surface area contributed by atoms with E-state index in [0.717, 1.165) is 31.7 Å². The normalized spacial score (nSPS) is 20.7. The summed E-state index contributed by atoms with van der Waals surface area (Å²) < 4.78 is 0. The number of nitriles is 1. The topological polar surface area (TPSA) is 50.5 Å². The number of piperazine rings is 1. The summed E-state index contributed by atoms with van der Waals surface area (Å²) in [5.41, 5.74) is 0.132. The Balaban J connectivity index is 1.90.